The highest BCUT2D eigenvalue weighted by molar-refractivity contribution is 7.98. The molecule has 1 N–H and O–H groups in total. The van der Waals surface area contributed by atoms with Crippen molar-refractivity contribution in [2.45, 2.75) is 37.0 Å². The average molecular weight is 378 g/mol. The van der Waals surface area contributed by atoms with Crippen LogP contribution in [0.5, 0.6) is 0 Å². The molecule has 1 aromatic heterocycles. The van der Waals surface area contributed by atoms with Crippen LogP contribution in [0.4, 0.5) is 5.69 Å². The van der Waals surface area contributed by atoms with Crippen molar-refractivity contribution in [2.24, 2.45) is 0 Å². The Balaban J connectivity index is 1.63. The summed E-state index contributed by atoms with van der Waals surface area (Å²) in [6.07, 6.45) is 6.18. The third-order valence-corrected chi connectivity index (χ3v) is 5.45. The van der Waals surface area contributed by atoms with Gasteiger partial charge >= 0.3 is 0 Å². The number of anilines is 1. The molecule has 0 saturated heterocycles. The zero-order chi connectivity index (χ0) is 19.1. The second kappa shape index (κ2) is 9.33. The molecular weight excluding hydrogens is 354 g/mol. The van der Waals surface area contributed by atoms with E-state index in [4.69, 9.17) is 0 Å². The lowest BCUT2D eigenvalue weighted by atomic mass is 9.98. The molecular formula is C22H23N3OS. The number of carbonyl (C=O) groups excluding carboxylic acids is 1. The topological polar surface area (TPSA) is 54.9 Å². The maximum Gasteiger partial charge on any atom is 0.255 e. The molecule has 0 fully saturated rings. The van der Waals surface area contributed by atoms with E-state index in [1.54, 1.807) is 30.4 Å². The standard InChI is InChI=1S/C22H23N3OS/c1-3-16(2)18-7-9-20(10-8-18)25-22(26)19-6-4-5-17(13-19)15-27-21-14-23-11-12-24-21/h4-14,16H,3,15H2,1-2H3,(H,25,26). The van der Waals surface area contributed by atoms with Crippen LogP contribution in [0.3, 0.4) is 0 Å². The van der Waals surface area contributed by atoms with Crippen LogP contribution in [-0.2, 0) is 5.75 Å². The van der Waals surface area contributed by atoms with E-state index in [1.807, 2.05) is 36.4 Å². The predicted octanol–water partition coefficient (Wildman–Crippen LogP) is 5.53. The molecule has 27 heavy (non-hydrogen) atoms. The number of benzene rings is 2. The Kier molecular flexibility index (Phi) is 6.60. The Morgan fingerprint density at radius 2 is 1.96 bits per heavy atom. The minimum absolute atomic E-state index is 0.0994. The fraction of sp³-hybridized carbons (Fsp3) is 0.227. The van der Waals surface area contributed by atoms with E-state index in [0.717, 1.165) is 28.5 Å². The molecule has 0 bridgehead atoms. The van der Waals surface area contributed by atoms with Crippen molar-refractivity contribution in [2.75, 3.05) is 5.32 Å². The summed E-state index contributed by atoms with van der Waals surface area (Å²) in [5.41, 5.74) is 3.83. The molecule has 0 saturated carbocycles. The summed E-state index contributed by atoms with van der Waals surface area (Å²) in [6.45, 7) is 4.38. The lowest BCUT2D eigenvalue weighted by molar-refractivity contribution is 0.102. The maximum absolute atomic E-state index is 12.6. The second-order valence-electron chi connectivity index (χ2n) is 6.42. The minimum atomic E-state index is -0.0994. The van der Waals surface area contributed by atoms with Gasteiger partial charge in [0.25, 0.3) is 5.91 Å². The Hall–Kier alpha value is -2.66. The molecule has 1 heterocycles. The number of nitrogens with one attached hydrogen (secondary N) is 1. The number of hydrogen-bond donors (Lipinski definition) is 1. The summed E-state index contributed by atoms with van der Waals surface area (Å²) in [5, 5.41) is 3.84. The number of amides is 1. The molecule has 4 nitrogen and oxygen atoms in total. The minimum Gasteiger partial charge on any atom is -0.322 e. The summed E-state index contributed by atoms with van der Waals surface area (Å²) in [4.78, 5) is 20.9. The summed E-state index contributed by atoms with van der Waals surface area (Å²) < 4.78 is 0. The maximum atomic E-state index is 12.6. The summed E-state index contributed by atoms with van der Waals surface area (Å²) >= 11 is 1.60. The van der Waals surface area contributed by atoms with Crippen molar-refractivity contribution in [3.05, 3.63) is 83.8 Å². The largest absolute Gasteiger partial charge is 0.322 e. The smallest absolute Gasteiger partial charge is 0.255 e. The average Bonchev–Trinajstić information content (AvgIpc) is 2.73. The molecule has 5 heteroatoms. The molecule has 0 aliphatic heterocycles. The van der Waals surface area contributed by atoms with Crippen LogP contribution >= 0.6 is 11.8 Å². The fourth-order valence-corrected chi connectivity index (χ4v) is 3.42. The molecule has 2 aromatic carbocycles. The Bertz CT molecular complexity index is 882. The van der Waals surface area contributed by atoms with Gasteiger partial charge in [0.1, 0.15) is 5.03 Å². The molecule has 0 spiro atoms. The SMILES string of the molecule is CCC(C)c1ccc(NC(=O)c2cccc(CSc3cnccn3)c2)cc1. The molecule has 3 rings (SSSR count). The van der Waals surface area contributed by atoms with E-state index >= 15 is 0 Å². The van der Waals surface area contributed by atoms with Gasteiger partial charge in [-0.25, -0.2) is 4.98 Å². The molecule has 1 amide bonds. The van der Waals surface area contributed by atoms with Crippen LogP contribution in [0.15, 0.2) is 72.1 Å². The molecule has 1 unspecified atom stereocenters. The van der Waals surface area contributed by atoms with Crippen LogP contribution in [0.1, 0.15) is 47.7 Å². The van der Waals surface area contributed by atoms with Crippen molar-refractivity contribution in [3.8, 4) is 0 Å². The first-order valence-corrected chi connectivity index (χ1v) is 10.0. The molecule has 0 radical (unpaired) electrons. The molecule has 3 aromatic rings. The normalized spacial score (nSPS) is 11.8. The zero-order valence-corrected chi connectivity index (χ0v) is 16.4. The number of rotatable bonds is 7. The number of hydrogen-bond acceptors (Lipinski definition) is 4. The van der Waals surface area contributed by atoms with Gasteiger partial charge in [0.05, 0.1) is 6.20 Å². The van der Waals surface area contributed by atoms with E-state index in [9.17, 15) is 4.79 Å². The Morgan fingerprint density at radius 3 is 2.67 bits per heavy atom. The van der Waals surface area contributed by atoms with Crippen LogP contribution in [0.25, 0.3) is 0 Å². The summed E-state index contributed by atoms with van der Waals surface area (Å²) in [7, 11) is 0. The number of carbonyl (C=O) groups is 1. The third kappa shape index (κ3) is 5.41. The van der Waals surface area contributed by atoms with E-state index < -0.39 is 0 Å². The van der Waals surface area contributed by atoms with Crippen LogP contribution in [0, 0.1) is 0 Å². The van der Waals surface area contributed by atoms with Gasteiger partial charge in [-0.1, -0.05) is 38.1 Å². The first-order chi connectivity index (χ1) is 13.2. The highest BCUT2D eigenvalue weighted by atomic mass is 32.2. The van der Waals surface area contributed by atoms with Crippen molar-refractivity contribution in [1.82, 2.24) is 9.97 Å². The zero-order valence-electron chi connectivity index (χ0n) is 15.6. The van der Waals surface area contributed by atoms with E-state index in [2.05, 4.69) is 41.3 Å². The van der Waals surface area contributed by atoms with Crippen molar-refractivity contribution >= 4 is 23.4 Å². The van der Waals surface area contributed by atoms with Crippen molar-refractivity contribution in [3.63, 3.8) is 0 Å². The quantitative estimate of drug-likeness (QED) is 0.550. The van der Waals surface area contributed by atoms with Gasteiger partial charge in [-0.05, 0) is 47.7 Å². The first-order valence-electron chi connectivity index (χ1n) is 9.04. The molecule has 0 aliphatic carbocycles. The number of thioether (sulfide) groups is 1. The summed E-state index contributed by atoms with van der Waals surface area (Å²) in [6, 6.07) is 15.8. The summed E-state index contributed by atoms with van der Waals surface area (Å²) in [5.74, 6) is 1.17. The van der Waals surface area contributed by atoms with Crippen molar-refractivity contribution in [1.29, 1.82) is 0 Å². The number of nitrogens with zero attached hydrogens (tertiary/aromatic N) is 2. The molecule has 0 aliphatic rings. The Morgan fingerprint density at radius 1 is 1.15 bits per heavy atom. The first kappa shape index (κ1) is 19.1. The van der Waals surface area contributed by atoms with Gasteiger partial charge in [0, 0.05) is 29.4 Å². The van der Waals surface area contributed by atoms with Gasteiger partial charge < -0.3 is 5.32 Å². The third-order valence-electron chi connectivity index (χ3n) is 4.47. The molecule has 1 atom stereocenters. The van der Waals surface area contributed by atoms with Crippen LogP contribution in [-0.4, -0.2) is 15.9 Å². The second-order valence-corrected chi connectivity index (χ2v) is 7.41. The molecule has 138 valence electrons. The van der Waals surface area contributed by atoms with Gasteiger partial charge in [-0.3, -0.25) is 9.78 Å². The highest BCUT2D eigenvalue weighted by Crippen LogP contribution is 2.22. The van der Waals surface area contributed by atoms with E-state index in [0.29, 0.717) is 11.5 Å². The van der Waals surface area contributed by atoms with Gasteiger partial charge in [-0.2, -0.15) is 0 Å². The van der Waals surface area contributed by atoms with Crippen LogP contribution in [0.2, 0.25) is 0 Å². The fourth-order valence-electron chi connectivity index (χ4n) is 2.65. The van der Waals surface area contributed by atoms with Crippen molar-refractivity contribution < 1.29 is 4.79 Å². The van der Waals surface area contributed by atoms with Crippen LogP contribution < -0.4 is 5.32 Å². The van der Waals surface area contributed by atoms with E-state index in [-0.39, 0.29) is 5.91 Å². The van der Waals surface area contributed by atoms with Gasteiger partial charge in [0.2, 0.25) is 0 Å². The van der Waals surface area contributed by atoms with Gasteiger partial charge in [0.15, 0.2) is 0 Å². The highest BCUT2D eigenvalue weighted by Gasteiger charge is 2.08. The monoisotopic (exact) mass is 377 g/mol. The Labute approximate surface area is 164 Å². The lowest BCUT2D eigenvalue weighted by Gasteiger charge is -2.11. The van der Waals surface area contributed by atoms with Gasteiger partial charge in [-0.15, -0.1) is 11.8 Å². The number of aromatic nitrogens is 2. The lowest BCUT2D eigenvalue weighted by Crippen LogP contribution is -2.12. The predicted molar refractivity (Wildman–Crippen MR) is 111 cm³/mol. The van der Waals surface area contributed by atoms with E-state index in [1.165, 1.54) is 5.56 Å².